The predicted molar refractivity (Wildman–Crippen MR) is 138 cm³/mol. The van der Waals surface area contributed by atoms with Crippen LogP contribution in [0.1, 0.15) is 22.7 Å². The molecule has 0 bridgehead atoms. The van der Waals surface area contributed by atoms with Gasteiger partial charge in [0.2, 0.25) is 15.8 Å². The van der Waals surface area contributed by atoms with Crippen LogP contribution in [0.25, 0.3) is 0 Å². The number of rotatable bonds is 12. The molecule has 0 aliphatic rings. The molecular formula is C26H32N2O7S. The number of aliphatic hydroxyl groups excluding tert-OH is 1. The average molecular weight is 517 g/mol. The molecule has 2 atom stereocenters. The van der Waals surface area contributed by atoms with Crippen molar-refractivity contribution in [2.24, 2.45) is 0 Å². The third kappa shape index (κ3) is 7.51. The van der Waals surface area contributed by atoms with Crippen molar-refractivity contribution >= 4 is 15.7 Å². The van der Waals surface area contributed by atoms with E-state index in [0.717, 1.165) is 17.4 Å². The van der Waals surface area contributed by atoms with Crippen LogP contribution in [0.2, 0.25) is 0 Å². The molecule has 0 heterocycles. The van der Waals surface area contributed by atoms with Crippen molar-refractivity contribution in [1.29, 1.82) is 0 Å². The van der Waals surface area contributed by atoms with E-state index >= 15 is 0 Å². The second-order valence-corrected chi connectivity index (χ2v) is 10.3. The van der Waals surface area contributed by atoms with Crippen LogP contribution in [0.4, 0.5) is 5.69 Å². The van der Waals surface area contributed by atoms with Gasteiger partial charge in [-0.15, -0.1) is 0 Å². The molecule has 0 saturated carbocycles. The number of phenolic OH excluding ortho intramolecular Hbond substituents is 2. The van der Waals surface area contributed by atoms with Crippen LogP contribution < -0.4 is 19.5 Å². The van der Waals surface area contributed by atoms with Gasteiger partial charge in [-0.05, 0) is 53.8 Å². The first-order valence-electron chi connectivity index (χ1n) is 11.3. The van der Waals surface area contributed by atoms with Gasteiger partial charge in [0.25, 0.3) is 0 Å². The van der Waals surface area contributed by atoms with E-state index in [9.17, 15) is 23.7 Å². The number of ether oxygens (including phenoxy) is 2. The highest BCUT2D eigenvalue weighted by Crippen LogP contribution is 2.39. The van der Waals surface area contributed by atoms with Crippen molar-refractivity contribution in [2.75, 3.05) is 31.7 Å². The van der Waals surface area contributed by atoms with Crippen LogP contribution in [0.5, 0.6) is 23.0 Å². The van der Waals surface area contributed by atoms with E-state index in [-0.39, 0.29) is 41.9 Å². The third-order valence-corrected chi connectivity index (χ3v) is 6.18. The number of methoxy groups -OCH3 is 2. The molecule has 0 aliphatic heterocycles. The average Bonchev–Trinajstić information content (AvgIpc) is 2.83. The molecule has 1 unspecified atom stereocenters. The van der Waals surface area contributed by atoms with E-state index in [2.05, 4.69) is 10.0 Å². The van der Waals surface area contributed by atoms with Gasteiger partial charge in [0.15, 0.2) is 11.5 Å². The van der Waals surface area contributed by atoms with Crippen molar-refractivity contribution in [1.82, 2.24) is 5.32 Å². The summed E-state index contributed by atoms with van der Waals surface area (Å²) in [6.07, 6.45) is 0.995. The second-order valence-electron chi connectivity index (χ2n) is 8.51. The van der Waals surface area contributed by atoms with Gasteiger partial charge in [0.1, 0.15) is 5.75 Å². The van der Waals surface area contributed by atoms with Crippen molar-refractivity contribution in [3.8, 4) is 23.0 Å². The Morgan fingerprint density at radius 2 is 1.61 bits per heavy atom. The van der Waals surface area contributed by atoms with Crippen LogP contribution in [-0.2, 0) is 22.9 Å². The quantitative estimate of drug-likeness (QED) is 0.232. The van der Waals surface area contributed by atoms with Crippen molar-refractivity contribution < 1.29 is 33.2 Å². The smallest absolute Gasteiger partial charge is 0.229 e. The Hall–Kier alpha value is -3.47. The molecule has 0 amide bonds. The molecule has 0 saturated heterocycles. The van der Waals surface area contributed by atoms with Gasteiger partial charge >= 0.3 is 0 Å². The number of aromatic hydroxyl groups is 2. The molecule has 194 valence electrons. The largest absolute Gasteiger partial charge is 0.506 e. The van der Waals surface area contributed by atoms with E-state index in [4.69, 9.17) is 9.47 Å². The minimum absolute atomic E-state index is 0.0535. The SMILES string of the molecule is COc1cc(C(Cc2ccccc2)NC[C@@H](O)Cc2ccc(O)c(NS(C)(=O)=O)c2)cc(O)c1OC. The van der Waals surface area contributed by atoms with Crippen molar-refractivity contribution in [3.63, 3.8) is 0 Å². The Bertz CT molecular complexity index is 1270. The molecule has 3 aromatic carbocycles. The zero-order chi connectivity index (χ0) is 26.3. The van der Waals surface area contributed by atoms with Gasteiger partial charge in [0, 0.05) is 12.6 Å². The lowest BCUT2D eigenvalue weighted by Gasteiger charge is -2.23. The summed E-state index contributed by atoms with van der Waals surface area (Å²) in [5, 5.41) is 34.5. The third-order valence-electron chi connectivity index (χ3n) is 5.59. The lowest BCUT2D eigenvalue weighted by molar-refractivity contribution is 0.167. The van der Waals surface area contributed by atoms with Gasteiger partial charge in [-0.3, -0.25) is 4.72 Å². The summed E-state index contributed by atoms with van der Waals surface area (Å²) < 4.78 is 36.0. The van der Waals surface area contributed by atoms with Crippen molar-refractivity contribution in [2.45, 2.75) is 25.0 Å². The molecule has 5 N–H and O–H groups in total. The summed E-state index contributed by atoms with van der Waals surface area (Å²) in [7, 11) is -0.619. The number of hydrogen-bond acceptors (Lipinski definition) is 8. The minimum atomic E-state index is -3.57. The summed E-state index contributed by atoms with van der Waals surface area (Å²) >= 11 is 0. The topological polar surface area (TPSA) is 137 Å². The molecule has 0 aliphatic carbocycles. The Morgan fingerprint density at radius 1 is 0.889 bits per heavy atom. The molecule has 0 fully saturated rings. The van der Waals surface area contributed by atoms with Gasteiger partial charge < -0.3 is 30.1 Å². The molecule has 36 heavy (non-hydrogen) atoms. The highest BCUT2D eigenvalue weighted by molar-refractivity contribution is 7.92. The summed E-state index contributed by atoms with van der Waals surface area (Å²) in [4.78, 5) is 0. The fraction of sp³-hybridized carbons (Fsp3) is 0.308. The van der Waals surface area contributed by atoms with Crippen LogP contribution in [0, 0.1) is 0 Å². The lowest BCUT2D eigenvalue weighted by atomic mass is 9.97. The van der Waals surface area contributed by atoms with Gasteiger partial charge in [-0.2, -0.15) is 0 Å². The maximum atomic E-state index is 11.5. The van der Waals surface area contributed by atoms with E-state index in [1.54, 1.807) is 18.2 Å². The Labute approximate surface area is 211 Å². The normalized spacial score (nSPS) is 13.1. The van der Waals surface area contributed by atoms with E-state index in [1.807, 2.05) is 30.3 Å². The molecule has 0 aromatic heterocycles. The number of hydrogen-bond donors (Lipinski definition) is 5. The number of phenols is 2. The Morgan fingerprint density at radius 3 is 2.25 bits per heavy atom. The number of sulfonamides is 1. The van der Waals surface area contributed by atoms with E-state index in [1.165, 1.54) is 26.4 Å². The fourth-order valence-electron chi connectivity index (χ4n) is 3.94. The number of nitrogens with one attached hydrogen (secondary N) is 2. The second kappa shape index (κ2) is 12.0. The molecule has 3 aromatic rings. The number of aliphatic hydroxyl groups is 1. The monoisotopic (exact) mass is 516 g/mol. The van der Waals surface area contributed by atoms with Gasteiger partial charge in [-0.1, -0.05) is 36.4 Å². The summed E-state index contributed by atoms with van der Waals surface area (Å²) in [5.74, 6) is 0.378. The van der Waals surface area contributed by atoms with Crippen LogP contribution in [0.15, 0.2) is 60.7 Å². The predicted octanol–water partition coefficient (Wildman–Crippen LogP) is 2.96. The molecule has 9 nitrogen and oxygen atoms in total. The van der Waals surface area contributed by atoms with Crippen LogP contribution >= 0.6 is 0 Å². The zero-order valence-corrected chi connectivity index (χ0v) is 21.2. The zero-order valence-electron chi connectivity index (χ0n) is 20.4. The maximum Gasteiger partial charge on any atom is 0.229 e. The van der Waals surface area contributed by atoms with Crippen molar-refractivity contribution in [3.05, 3.63) is 77.4 Å². The molecule has 0 radical (unpaired) electrons. The summed E-state index contributed by atoms with van der Waals surface area (Å²) in [6.45, 7) is 0.211. The molecule has 0 spiro atoms. The van der Waals surface area contributed by atoms with Gasteiger partial charge in [0.05, 0.1) is 32.3 Å². The standard InChI is InChI=1S/C26H32N2O7S/c1-34-25-15-19(14-24(31)26(25)35-2)21(12-17-7-5-4-6-8-17)27-16-20(29)11-18-9-10-23(30)22(13-18)28-36(3,32)33/h4-10,13-15,20-21,27-31H,11-12,16H2,1-3H3/t20-,21?/m0/s1. The fourth-order valence-corrected chi connectivity index (χ4v) is 4.50. The molecule has 3 rings (SSSR count). The highest BCUT2D eigenvalue weighted by atomic mass is 32.2. The highest BCUT2D eigenvalue weighted by Gasteiger charge is 2.20. The molecular weight excluding hydrogens is 484 g/mol. The van der Waals surface area contributed by atoms with Gasteiger partial charge in [-0.25, -0.2) is 8.42 Å². The number of anilines is 1. The summed E-state index contributed by atoms with van der Waals surface area (Å²) in [6, 6.07) is 17.4. The molecule has 10 heteroatoms. The van der Waals surface area contributed by atoms with E-state index in [0.29, 0.717) is 17.7 Å². The lowest BCUT2D eigenvalue weighted by Crippen LogP contribution is -2.32. The van der Waals surface area contributed by atoms with Crippen LogP contribution in [0.3, 0.4) is 0 Å². The maximum absolute atomic E-state index is 11.5. The van der Waals surface area contributed by atoms with Crippen LogP contribution in [-0.4, -0.2) is 56.9 Å². The Balaban J connectivity index is 1.78. The summed E-state index contributed by atoms with van der Waals surface area (Å²) in [5.41, 5.74) is 2.52. The number of benzene rings is 3. The first-order chi connectivity index (χ1) is 17.1. The first kappa shape index (κ1) is 27.1. The minimum Gasteiger partial charge on any atom is -0.506 e. The van der Waals surface area contributed by atoms with E-state index < -0.39 is 16.1 Å². The first-order valence-corrected chi connectivity index (χ1v) is 13.2. The Kier molecular flexibility index (Phi) is 9.03.